The molecule has 4 N–H and O–H groups in total. The summed E-state index contributed by atoms with van der Waals surface area (Å²) in [6, 6.07) is 0.666. The van der Waals surface area contributed by atoms with Crippen molar-refractivity contribution in [2.75, 3.05) is 39.9 Å². The number of hydrogen-bond acceptors (Lipinski definition) is 6. The molecule has 0 bridgehead atoms. The molecule has 4 aliphatic rings. The predicted molar refractivity (Wildman–Crippen MR) is 121 cm³/mol. The summed E-state index contributed by atoms with van der Waals surface area (Å²) in [5, 5.41) is 15.0. The van der Waals surface area contributed by atoms with Crippen LogP contribution < -0.4 is 21.3 Å². The summed E-state index contributed by atoms with van der Waals surface area (Å²) in [7, 11) is 1.86. The molecule has 2 heterocycles. The van der Waals surface area contributed by atoms with Crippen LogP contribution in [0.15, 0.2) is 0 Å². The van der Waals surface area contributed by atoms with Gasteiger partial charge in [0.1, 0.15) is 6.29 Å². The zero-order chi connectivity index (χ0) is 20.6. The summed E-state index contributed by atoms with van der Waals surface area (Å²) in [6.45, 7) is 5.47. The number of hydrogen-bond donors (Lipinski definition) is 4. The molecule has 0 aromatic rings. The van der Waals surface area contributed by atoms with Gasteiger partial charge in [0.05, 0.1) is 12.2 Å². The molecule has 2 saturated carbocycles. The minimum Gasteiger partial charge on any atom is -0.381 e. The molecular formula is C24H46N4O2. The van der Waals surface area contributed by atoms with Crippen LogP contribution in [0.2, 0.25) is 0 Å². The first-order valence-corrected chi connectivity index (χ1v) is 12.9. The lowest BCUT2D eigenvalue weighted by Gasteiger charge is -2.40. The molecule has 0 spiro atoms. The van der Waals surface area contributed by atoms with E-state index in [1.54, 1.807) is 0 Å². The molecule has 0 amide bonds. The van der Waals surface area contributed by atoms with Crippen LogP contribution in [-0.2, 0) is 9.47 Å². The average molecular weight is 423 g/mol. The quantitative estimate of drug-likeness (QED) is 0.429. The van der Waals surface area contributed by atoms with E-state index < -0.39 is 0 Å². The molecule has 1 atom stereocenters. The molecule has 4 fully saturated rings. The van der Waals surface area contributed by atoms with Crippen LogP contribution in [0, 0.1) is 17.8 Å². The highest BCUT2D eigenvalue weighted by atomic mass is 16.5. The lowest BCUT2D eigenvalue weighted by molar-refractivity contribution is 0.0414. The lowest BCUT2D eigenvalue weighted by Crippen LogP contribution is -2.63. The Balaban J connectivity index is 1.04. The van der Waals surface area contributed by atoms with Crippen LogP contribution in [0.4, 0.5) is 0 Å². The standard InChI is InChI=1S/C24H46N4O2/c1-29-22-10-6-19(7-11-22)20-15-26-24(27-16-20)28-21-8-4-18(5-9-21)12-13-25-17-23-3-2-14-30-23/h18-28H,2-17H2,1H3. The van der Waals surface area contributed by atoms with E-state index >= 15 is 0 Å². The normalized spacial score (nSPS) is 40.5. The number of ether oxygens (including phenoxy) is 2. The number of nitrogens with one attached hydrogen (secondary N) is 4. The smallest absolute Gasteiger partial charge is 0.112 e. The topological polar surface area (TPSA) is 66.6 Å². The highest BCUT2D eigenvalue weighted by molar-refractivity contribution is 4.87. The lowest BCUT2D eigenvalue weighted by atomic mass is 9.78. The Labute approximate surface area is 184 Å². The summed E-state index contributed by atoms with van der Waals surface area (Å²) in [5.41, 5.74) is 0. The van der Waals surface area contributed by atoms with Crippen LogP contribution in [-0.4, -0.2) is 64.4 Å². The second-order valence-corrected chi connectivity index (χ2v) is 10.3. The highest BCUT2D eigenvalue weighted by Gasteiger charge is 2.31. The van der Waals surface area contributed by atoms with Gasteiger partial charge < -0.3 is 14.8 Å². The largest absolute Gasteiger partial charge is 0.381 e. The van der Waals surface area contributed by atoms with Crippen LogP contribution >= 0.6 is 0 Å². The van der Waals surface area contributed by atoms with Gasteiger partial charge >= 0.3 is 0 Å². The van der Waals surface area contributed by atoms with Crippen LogP contribution in [0.3, 0.4) is 0 Å². The first-order valence-electron chi connectivity index (χ1n) is 12.9. The van der Waals surface area contributed by atoms with Gasteiger partial charge in [-0.3, -0.25) is 16.0 Å². The van der Waals surface area contributed by atoms with Crippen molar-refractivity contribution in [1.82, 2.24) is 21.3 Å². The van der Waals surface area contributed by atoms with Gasteiger partial charge in [-0.25, -0.2) is 0 Å². The Morgan fingerprint density at radius 1 is 0.900 bits per heavy atom. The van der Waals surface area contributed by atoms with Crippen molar-refractivity contribution in [3.8, 4) is 0 Å². The van der Waals surface area contributed by atoms with E-state index in [9.17, 15) is 0 Å². The SMILES string of the molecule is COC1CCC(C2CNC(NC3CCC(CCNCC4CCCO4)CC3)NC2)CC1. The highest BCUT2D eigenvalue weighted by Crippen LogP contribution is 2.32. The maximum Gasteiger partial charge on any atom is 0.112 e. The van der Waals surface area contributed by atoms with Crippen molar-refractivity contribution in [2.45, 2.75) is 95.2 Å². The third-order valence-corrected chi connectivity index (χ3v) is 8.26. The zero-order valence-corrected chi connectivity index (χ0v) is 19.2. The summed E-state index contributed by atoms with van der Waals surface area (Å²) in [6.07, 6.45) is 15.6. The fourth-order valence-electron chi connectivity index (χ4n) is 6.16. The maximum atomic E-state index is 5.69. The summed E-state index contributed by atoms with van der Waals surface area (Å²) < 4.78 is 11.2. The van der Waals surface area contributed by atoms with E-state index in [1.807, 2.05) is 7.11 Å². The molecule has 0 aromatic heterocycles. The third-order valence-electron chi connectivity index (χ3n) is 8.26. The van der Waals surface area contributed by atoms with Gasteiger partial charge in [0.15, 0.2) is 0 Å². The molecule has 0 aromatic carbocycles. The second-order valence-electron chi connectivity index (χ2n) is 10.3. The molecule has 0 radical (unpaired) electrons. The Kier molecular flexibility index (Phi) is 9.27. The van der Waals surface area contributed by atoms with Gasteiger partial charge in [0.25, 0.3) is 0 Å². The first kappa shape index (κ1) is 22.9. The minimum atomic E-state index is 0.297. The van der Waals surface area contributed by atoms with E-state index in [2.05, 4.69) is 21.3 Å². The molecule has 174 valence electrons. The van der Waals surface area contributed by atoms with Gasteiger partial charge in [-0.2, -0.15) is 0 Å². The summed E-state index contributed by atoms with van der Waals surface area (Å²) >= 11 is 0. The van der Waals surface area contributed by atoms with E-state index in [0.29, 0.717) is 24.5 Å². The Morgan fingerprint density at radius 3 is 2.33 bits per heavy atom. The van der Waals surface area contributed by atoms with Gasteiger partial charge in [-0.05, 0) is 94.9 Å². The maximum absolute atomic E-state index is 5.69. The Bertz CT molecular complexity index is 464. The van der Waals surface area contributed by atoms with Crippen molar-refractivity contribution >= 4 is 0 Å². The average Bonchev–Trinajstić information content (AvgIpc) is 3.32. The molecule has 1 unspecified atom stereocenters. The van der Waals surface area contributed by atoms with Gasteiger partial charge in [-0.15, -0.1) is 0 Å². The minimum absolute atomic E-state index is 0.297. The molecule has 2 saturated heterocycles. The van der Waals surface area contributed by atoms with E-state index in [-0.39, 0.29) is 0 Å². The molecule has 2 aliphatic heterocycles. The van der Waals surface area contributed by atoms with Gasteiger partial charge in [0.2, 0.25) is 0 Å². The molecule has 6 nitrogen and oxygen atoms in total. The monoisotopic (exact) mass is 422 g/mol. The molecule has 2 aliphatic carbocycles. The van der Waals surface area contributed by atoms with E-state index in [0.717, 1.165) is 50.5 Å². The summed E-state index contributed by atoms with van der Waals surface area (Å²) in [5.74, 6) is 2.54. The molecule has 6 heteroatoms. The molecular weight excluding hydrogens is 376 g/mol. The van der Waals surface area contributed by atoms with E-state index in [4.69, 9.17) is 9.47 Å². The van der Waals surface area contributed by atoms with Crippen molar-refractivity contribution in [1.29, 1.82) is 0 Å². The van der Waals surface area contributed by atoms with Crippen molar-refractivity contribution in [2.24, 2.45) is 17.8 Å². The fraction of sp³-hybridized carbons (Fsp3) is 1.00. The van der Waals surface area contributed by atoms with Crippen LogP contribution in [0.25, 0.3) is 0 Å². The predicted octanol–water partition coefficient (Wildman–Crippen LogP) is 2.59. The molecule has 4 rings (SSSR count). The van der Waals surface area contributed by atoms with E-state index in [1.165, 1.54) is 70.6 Å². The van der Waals surface area contributed by atoms with Crippen molar-refractivity contribution in [3.63, 3.8) is 0 Å². The van der Waals surface area contributed by atoms with Crippen LogP contribution in [0.5, 0.6) is 0 Å². The molecule has 30 heavy (non-hydrogen) atoms. The number of rotatable bonds is 9. The zero-order valence-electron chi connectivity index (χ0n) is 19.2. The van der Waals surface area contributed by atoms with Crippen molar-refractivity contribution < 1.29 is 9.47 Å². The van der Waals surface area contributed by atoms with Crippen molar-refractivity contribution in [3.05, 3.63) is 0 Å². The fourth-order valence-corrected chi connectivity index (χ4v) is 6.16. The first-order chi connectivity index (χ1) is 14.8. The number of methoxy groups -OCH3 is 1. The van der Waals surface area contributed by atoms with Gasteiger partial charge in [0, 0.05) is 39.4 Å². The second kappa shape index (κ2) is 12.1. The Hall–Kier alpha value is -0.240. The van der Waals surface area contributed by atoms with Crippen LogP contribution in [0.1, 0.15) is 70.6 Å². The third kappa shape index (κ3) is 6.88. The van der Waals surface area contributed by atoms with Gasteiger partial charge in [-0.1, -0.05) is 0 Å². The Morgan fingerprint density at radius 2 is 1.67 bits per heavy atom. The summed E-state index contributed by atoms with van der Waals surface area (Å²) in [4.78, 5) is 0.